The zero-order chi connectivity index (χ0) is 14.0. The summed E-state index contributed by atoms with van der Waals surface area (Å²) >= 11 is 0. The minimum Gasteiger partial charge on any atom is -0.449 e. The van der Waals surface area contributed by atoms with E-state index in [-0.39, 0.29) is 0 Å². The highest BCUT2D eigenvalue weighted by Crippen LogP contribution is 2.35. The van der Waals surface area contributed by atoms with Gasteiger partial charge >= 0.3 is 5.69 Å². The van der Waals surface area contributed by atoms with Crippen LogP contribution in [0.15, 0.2) is 30.3 Å². The molecule has 2 aromatic rings. The second kappa shape index (κ2) is 5.11. The van der Waals surface area contributed by atoms with E-state index in [2.05, 4.69) is 18.0 Å². The van der Waals surface area contributed by atoms with Gasteiger partial charge in [0.25, 0.3) is 0 Å². The van der Waals surface area contributed by atoms with Crippen molar-refractivity contribution >= 4 is 5.69 Å². The summed E-state index contributed by atoms with van der Waals surface area (Å²) in [5, 5.41) is 9.04. The molecule has 3 heteroatoms. The SMILES string of the molecule is Cc1ccc(Oc2cc(C)cc(C)c2C)c([N+]#N)c1. The molecule has 2 rings (SSSR count). The molecule has 19 heavy (non-hydrogen) atoms. The molecule has 0 saturated carbocycles. The Bertz CT molecular complexity index is 669. The summed E-state index contributed by atoms with van der Waals surface area (Å²) in [6, 6.07) is 9.65. The Morgan fingerprint density at radius 2 is 1.63 bits per heavy atom. The summed E-state index contributed by atoms with van der Waals surface area (Å²) in [6.45, 7) is 8.06. The number of hydrogen-bond donors (Lipinski definition) is 0. The number of benzene rings is 2. The summed E-state index contributed by atoms with van der Waals surface area (Å²) in [6.07, 6.45) is 0. The van der Waals surface area contributed by atoms with Gasteiger partial charge in [-0.25, -0.2) is 0 Å². The Morgan fingerprint density at radius 3 is 2.32 bits per heavy atom. The standard InChI is InChI=1S/C16H17N2O/c1-10-5-6-15(14(8-10)18-17)19-16-9-11(2)7-12(3)13(16)4/h5-9H,1-4H3/q+1. The normalized spacial score (nSPS) is 10.1. The van der Waals surface area contributed by atoms with Crippen LogP contribution in [-0.4, -0.2) is 0 Å². The molecule has 0 unspecified atom stereocenters. The van der Waals surface area contributed by atoms with Gasteiger partial charge in [0.2, 0.25) is 11.1 Å². The molecule has 0 spiro atoms. The average molecular weight is 253 g/mol. The summed E-state index contributed by atoms with van der Waals surface area (Å²) in [5.74, 6) is 1.35. The number of aryl methyl sites for hydroxylation is 3. The fraction of sp³-hybridized carbons (Fsp3) is 0.250. The third-order valence-electron chi connectivity index (χ3n) is 3.21. The number of rotatable bonds is 2. The first kappa shape index (κ1) is 13.1. The number of ether oxygens (including phenoxy) is 1. The smallest absolute Gasteiger partial charge is 0.427 e. The molecule has 3 nitrogen and oxygen atoms in total. The lowest BCUT2D eigenvalue weighted by Gasteiger charge is -2.11. The van der Waals surface area contributed by atoms with Crippen molar-refractivity contribution in [3.05, 3.63) is 57.6 Å². The van der Waals surface area contributed by atoms with Crippen LogP contribution in [0.1, 0.15) is 22.3 Å². The molecule has 0 heterocycles. The van der Waals surface area contributed by atoms with Crippen molar-refractivity contribution in [1.82, 2.24) is 0 Å². The first-order valence-electron chi connectivity index (χ1n) is 6.22. The van der Waals surface area contributed by atoms with E-state index in [1.165, 1.54) is 5.56 Å². The Morgan fingerprint density at radius 1 is 0.895 bits per heavy atom. The van der Waals surface area contributed by atoms with Gasteiger partial charge < -0.3 is 4.74 Å². The Balaban J connectivity index is 2.45. The predicted octanol–water partition coefficient (Wildman–Crippen LogP) is 5.20. The highest BCUT2D eigenvalue weighted by atomic mass is 16.5. The second-order valence-corrected chi connectivity index (χ2v) is 4.88. The van der Waals surface area contributed by atoms with Crippen LogP contribution in [-0.2, 0) is 0 Å². The first-order chi connectivity index (χ1) is 9.01. The number of nitrogens with zero attached hydrogens (tertiary/aromatic N) is 2. The fourth-order valence-electron chi connectivity index (χ4n) is 2.02. The van der Waals surface area contributed by atoms with E-state index in [4.69, 9.17) is 10.1 Å². The molecule has 0 saturated heterocycles. The molecule has 0 bridgehead atoms. The largest absolute Gasteiger partial charge is 0.449 e. The van der Waals surface area contributed by atoms with Gasteiger partial charge in [0, 0.05) is 6.07 Å². The van der Waals surface area contributed by atoms with Gasteiger partial charge in [-0.05, 0) is 62.1 Å². The minimum absolute atomic E-state index is 0.443. The molecule has 0 atom stereocenters. The average Bonchev–Trinajstić information content (AvgIpc) is 2.37. The van der Waals surface area contributed by atoms with Crippen LogP contribution in [0.4, 0.5) is 5.69 Å². The maximum Gasteiger partial charge on any atom is 0.427 e. The molecule has 2 aromatic carbocycles. The van der Waals surface area contributed by atoms with Gasteiger partial charge in [0.15, 0.2) is 4.98 Å². The third-order valence-corrected chi connectivity index (χ3v) is 3.21. The molecule has 0 N–H and O–H groups in total. The fourth-order valence-corrected chi connectivity index (χ4v) is 2.02. The second-order valence-electron chi connectivity index (χ2n) is 4.88. The maximum absolute atomic E-state index is 9.04. The van der Waals surface area contributed by atoms with Crippen LogP contribution in [0.3, 0.4) is 0 Å². The lowest BCUT2D eigenvalue weighted by molar-refractivity contribution is 0.480. The van der Waals surface area contributed by atoms with Gasteiger partial charge in [0.05, 0.1) is 0 Å². The van der Waals surface area contributed by atoms with E-state index < -0.39 is 0 Å². The van der Waals surface area contributed by atoms with E-state index in [1.54, 1.807) is 6.07 Å². The molecule has 0 aliphatic rings. The monoisotopic (exact) mass is 253 g/mol. The molecular formula is C16H17N2O+. The van der Waals surface area contributed by atoms with E-state index >= 15 is 0 Å². The molecule has 0 aliphatic carbocycles. The summed E-state index contributed by atoms with van der Waals surface area (Å²) < 4.78 is 5.89. The Kier molecular flexibility index (Phi) is 3.52. The van der Waals surface area contributed by atoms with Crippen molar-refractivity contribution in [1.29, 1.82) is 5.39 Å². The van der Waals surface area contributed by atoms with Crippen LogP contribution >= 0.6 is 0 Å². The molecule has 0 aromatic heterocycles. The van der Waals surface area contributed by atoms with Gasteiger partial charge in [-0.2, -0.15) is 0 Å². The van der Waals surface area contributed by atoms with E-state index in [0.29, 0.717) is 11.4 Å². The summed E-state index contributed by atoms with van der Waals surface area (Å²) in [4.78, 5) is 3.28. The van der Waals surface area contributed by atoms with Crippen molar-refractivity contribution in [2.45, 2.75) is 27.7 Å². The lowest BCUT2D eigenvalue weighted by Crippen LogP contribution is -1.92. The summed E-state index contributed by atoms with van der Waals surface area (Å²) in [7, 11) is 0. The Hall–Kier alpha value is -2.34. The minimum atomic E-state index is 0.443. The number of hydrogen-bond acceptors (Lipinski definition) is 2. The van der Waals surface area contributed by atoms with Crippen molar-refractivity contribution in [3.8, 4) is 11.5 Å². The van der Waals surface area contributed by atoms with Crippen molar-refractivity contribution in [2.75, 3.05) is 0 Å². The maximum atomic E-state index is 9.04. The van der Waals surface area contributed by atoms with Crippen molar-refractivity contribution in [2.24, 2.45) is 0 Å². The molecule has 0 amide bonds. The van der Waals surface area contributed by atoms with Crippen LogP contribution in [0, 0.1) is 33.1 Å². The van der Waals surface area contributed by atoms with Gasteiger partial charge in [-0.3, -0.25) is 0 Å². The van der Waals surface area contributed by atoms with E-state index in [0.717, 1.165) is 22.4 Å². The number of diazo groups is 1. The van der Waals surface area contributed by atoms with Crippen LogP contribution in [0.5, 0.6) is 11.5 Å². The zero-order valence-corrected chi connectivity index (χ0v) is 11.7. The molecule has 96 valence electrons. The van der Waals surface area contributed by atoms with Gasteiger partial charge in [-0.15, -0.1) is 0 Å². The Labute approximate surface area is 113 Å². The molecule has 0 aliphatic heterocycles. The predicted molar refractivity (Wildman–Crippen MR) is 76.7 cm³/mol. The highest BCUT2D eigenvalue weighted by molar-refractivity contribution is 5.60. The topological polar surface area (TPSA) is 37.4 Å². The van der Waals surface area contributed by atoms with Crippen molar-refractivity contribution < 1.29 is 4.74 Å². The lowest BCUT2D eigenvalue weighted by atomic mass is 10.1. The molecular weight excluding hydrogens is 236 g/mol. The first-order valence-corrected chi connectivity index (χ1v) is 6.22. The van der Waals surface area contributed by atoms with E-state index in [1.807, 2.05) is 39.0 Å². The van der Waals surface area contributed by atoms with Gasteiger partial charge in [-0.1, -0.05) is 12.1 Å². The molecule has 0 radical (unpaired) electrons. The summed E-state index contributed by atoms with van der Waals surface area (Å²) in [5.41, 5.74) is 4.89. The van der Waals surface area contributed by atoms with Crippen molar-refractivity contribution in [3.63, 3.8) is 0 Å². The van der Waals surface area contributed by atoms with Gasteiger partial charge in [0.1, 0.15) is 5.75 Å². The van der Waals surface area contributed by atoms with E-state index in [9.17, 15) is 0 Å². The third kappa shape index (κ3) is 2.74. The highest BCUT2D eigenvalue weighted by Gasteiger charge is 2.17. The van der Waals surface area contributed by atoms with Crippen LogP contribution in [0.2, 0.25) is 0 Å². The molecule has 0 fully saturated rings. The van der Waals surface area contributed by atoms with Crippen LogP contribution in [0.25, 0.3) is 4.98 Å². The van der Waals surface area contributed by atoms with Crippen LogP contribution < -0.4 is 4.74 Å². The zero-order valence-electron chi connectivity index (χ0n) is 11.7. The quantitative estimate of drug-likeness (QED) is 0.690.